The Morgan fingerprint density at radius 2 is 1.71 bits per heavy atom. The molecule has 2 aromatic heterocycles. The number of carbonyl (C=O) groups excluding carboxylic acids is 2. The van der Waals surface area contributed by atoms with Gasteiger partial charge in [-0.2, -0.15) is 0 Å². The normalized spacial score (nSPS) is 11.3. The maximum Gasteiger partial charge on any atom is 0.339 e. The molecule has 3 aromatic carbocycles. The molecule has 1 amide bonds. The van der Waals surface area contributed by atoms with Gasteiger partial charge < -0.3 is 19.0 Å². The Kier molecular flexibility index (Phi) is 6.62. The van der Waals surface area contributed by atoms with Crippen LogP contribution < -0.4 is 10.0 Å². The molecule has 192 valence electrons. The Labute approximate surface area is 216 Å². The molecule has 5 aromatic rings. The van der Waals surface area contributed by atoms with E-state index < -0.39 is 28.5 Å². The zero-order valence-electron chi connectivity index (χ0n) is 19.9. The van der Waals surface area contributed by atoms with Crippen molar-refractivity contribution < 1.29 is 31.7 Å². The molecule has 2 heterocycles. The first-order valence-electron chi connectivity index (χ1n) is 11.3. The maximum absolute atomic E-state index is 12.8. The van der Waals surface area contributed by atoms with E-state index in [0.29, 0.717) is 28.1 Å². The van der Waals surface area contributed by atoms with Crippen molar-refractivity contribution in [3.8, 4) is 11.5 Å². The van der Waals surface area contributed by atoms with Gasteiger partial charge in [0.1, 0.15) is 11.3 Å². The minimum absolute atomic E-state index is 0.0432. The molecule has 2 N–H and O–H groups in total. The van der Waals surface area contributed by atoms with Crippen LogP contribution in [0.2, 0.25) is 0 Å². The van der Waals surface area contributed by atoms with Crippen molar-refractivity contribution in [1.29, 1.82) is 0 Å². The number of sulfonamides is 1. The third kappa shape index (κ3) is 5.39. The molecule has 0 fully saturated rings. The highest BCUT2D eigenvalue weighted by atomic mass is 32.2. The summed E-state index contributed by atoms with van der Waals surface area (Å²) in [5.74, 6) is -0.569. The Balaban J connectivity index is 1.21. The highest BCUT2D eigenvalue weighted by Gasteiger charge is 2.20. The lowest BCUT2D eigenvalue weighted by Crippen LogP contribution is -2.21. The van der Waals surface area contributed by atoms with E-state index in [9.17, 15) is 18.0 Å². The second-order valence-electron chi connectivity index (χ2n) is 8.11. The summed E-state index contributed by atoms with van der Waals surface area (Å²) in [6.07, 6.45) is 0. The molecule has 0 atom stereocenters. The lowest BCUT2D eigenvalue weighted by atomic mass is 10.1. The van der Waals surface area contributed by atoms with Crippen LogP contribution in [-0.4, -0.2) is 37.0 Å². The molecule has 0 saturated carbocycles. The number of aryl methyl sites for hydroxylation is 1. The Bertz CT molecular complexity index is 1710. The third-order valence-electron chi connectivity index (χ3n) is 5.32. The summed E-state index contributed by atoms with van der Waals surface area (Å²) in [7, 11) is -3.90. The van der Waals surface area contributed by atoms with Crippen LogP contribution in [-0.2, 0) is 19.6 Å². The molecular formula is C26H20N4O7S. The van der Waals surface area contributed by atoms with E-state index in [4.69, 9.17) is 13.7 Å². The van der Waals surface area contributed by atoms with Crippen molar-refractivity contribution >= 4 is 44.5 Å². The first kappa shape index (κ1) is 24.7. The van der Waals surface area contributed by atoms with Crippen LogP contribution in [0, 0.1) is 6.92 Å². The first-order chi connectivity index (χ1) is 18.3. The molecule has 0 spiro atoms. The van der Waals surface area contributed by atoms with Crippen LogP contribution in [0.3, 0.4) is 0 Å². The topological polar surface area (TPSA) is 154 Å². The number of para-hydroxylation sites is 2. The van der Waals surface area contributed by atoms with Crippen molar-refractivity contribution in [1.82, 2.24) is 10.1 Å². The lowest BCUT2D eigenvalue weighted by Gasteiger charge is -2.09. The summed E-state index contributed by atoms with van der Waals surface area (Å²) in [6, 6.07) is 20.7. The second kappa shape index (κ2) is 10.2. The summed E-state index contributed by atoms with van der Waals surface area (Å²) < 4.78 is 43.1. The summed E-state index contributed by atoms with van der Waals surface area (Å²) in [6.45, 7) is 1.07. The van der Waals surface area contributed by atoms with E-state index in [1.54, 1.807) is 43.3 Å². The highest BCUT2D eigenvalue weighted by Crippen LogP contribution is 2.27. The zero-order valence-corrected chi connectivity index (χ0v) is 20.7. The van der Waals surface area contributed by atoms with Gasteiger partial charge in [-0.15, -0.1) is 0 Å². The number of aromatic nitrogens is 2. The van der Waals surface area contributed by atoms with Gasteiger partial charge in [-0.25, -0.2) is 18.2 Å². The number of carbonyl (C=O) groups is 2. The second-order valence-corrected chi connectivity index (χ2v) is 9.79. The van der Waals surface area contributed by atoms with E-state index in [1.165, 1.54) is 30.3 Å². The van der Waals surface area contributed by atoms with E-state index in [0.717, 1.165) is 0 Å². The summed E-state index contributed by atoms with van der Waals surface area (Å²) in [5.41, 5.74) is 2.16. The number of fused-ring (bicyclic) bond motifs is 1. The van der Waals surface area contributed by atoms with E-state index in [-0.39, 0.29) is 22.2 Å². The molecule has 0 radical (unpaired) electrons. The predicted molar refractivity (Wildman–Crippen MR) is 137 cm³/mol. The highest BCUT2D eigenvalue weighted by molar-refractivity contribution is 7.92. The fourth-order valence-corrected chi connectivity index (χ4v) is 4.55. The van der Waals surface area contributed by atoms with Gasteiger partial charge >= 0.3 is 5.97 Å². The number of amides is 1. The lowest BCUT2D eigenvalue weighted by molar-refractivity contribution is -0.119. The van der Waals surface area contributed by atoms with Gasteiger partial charge in [-0.1, -0.05) is 29.4 Å². The smallest absolute Gasteiger partial charge is 0.339 e. The van der Waals surface area contributed by atoms with E-state index >= 15 is 0 Å². The minimum atomic E-state index is -3.90. The quantitative estimate of drug-likeness (QED) is 0.277. The number of nitrogens with zero attached hydrogens (tertiary/aromatic N) is 2. The fraction of sp³-hybridized carbons (Fsp3) is 0.0769. The number of benzene rings is 3. The SMILES string of the molecule is Cc1cc(NS(=O)(=O)c2ccc(NC(=O)COC(=O)c3ccccc3-c3nc4ccccc4o3)cc2)no1. The molecule has 0 aliphatic heterocycles. The number of oxazole rings is 1. The predicted octanol–water partition coefficient (Wildman–Crippen LogP) is 4.39. The number of hydrogen-bond donors (Lipinski definition) is 2. The number of anilines is 2. The molecule has 0 saturated heterocycles. The van der Waals surface area contributed by atoms with Gasteiger partial charge in [-0.3, -0.25) is 9.52 Å². The summed E-state index contributed by atoms with van der Waals surface area (Å²) in [4.78, 5) is 29.5. The van der Waals surface area contributed by atoms with Crippen LogP contribution in [0.25, 0.3) is 22.6 Å². The molecule has 0 bridgehead atoms. The van der Waals surface area contributed by atoms with Gasteiger partial charge in [0.05, 0.1) is 16.0 Å². The van der Waals surface area contributed by atoms with Crippen molar-refractivity contribution in [3.63, 3.8) is 0 Å². The molecule has 0 aliphatic carbocycles. The molecule has 11 nitrogen and oxygen atoms in total. The Morgan fingerprint density at radius 1 is 0.974 bits per heavy atom. The van der Waals surface area contributed by atoms with Crippen LogP contribution in [0.4, 0.5) is 11.5 Å². The molecule has 0 unspecified atom stereocenters. The van der Waals surface area contributed by atoms with Crippen molar-refractivity contribution in [2.45, 2.75) is 11.8 Å². The average molecular weight is 533 g/mol. The third-order valence-corrected chi connectivity index (χ3v) is 6.69. The van der Waals surface area contributed by atoms with Crippen LogP contribution in [0.1, 0.15) is 16.1 Å². The minimum Gasteiger partial charge on any atom is -0.452 e. The summed E-state index contributed by atoms with van der Waals surface area (Å²) >= 11 is 0. The van der Waals surface area contributed by atoms with Crippen LogP contribution >= 0.6 is 0 Å². The molecule has 38 heavy (non-hydrogen) atoms. The fourth-order valence-electron chi connectivity index (χ4n) is 3.57. The van der Waals surface area contributed by atoms with Crippen LogP contribution in [0.5, 0.6) is 0 Å². The number of hydrogen-bond acceptors (Lipinski definition) is 9. The number of ether oxygens (including phenoxy) is 1. The molecule has 5 rings (SSSR count). The van der Waals surface area contributed by atoms with Crippen molar-refractivity contribution in [2.75, 3.05) is 16.6 Å². The zero-order chi connectivity index (χ0) is 26.7. The van der Waals surface area contributed by atoms with Gasteiger partial charge in [0.25, 0.3) is 15.9 Å². The number of rotatable bonds is 8. The standard InChI is InChI=1S/C26H20N4O7S/c1-16-14-23(29-37-16)30-38(33,34)18-12-10-17(11-13-18)27-24(31)15-35-26(32)20-7-3-2-6-19(20)25-28-21-8-4-5-9-22(21)36-25/h2-14H,15H2,1H3,(H,27,31)(H,29,30). The maximum atomic E-state index is 12.8. The summed E-state index contributed by atoms with van der Waals surface area (Å²) in [5, 5.41) is 6.15. The van der Waals surface area contributed by atoms with Gasteiger partial charge in [-0.05, 0) is 55.5 Å². The number of esters is 1. The monoisotopic (exact) mass is 532 g/mol. The Hall–Kier alpha value is -4.97. The van der Waals surface area contributed by atoms with Crippen molar-refractivity contribution in [2.24, 2.45) is 0 Å². The van der Waals surface area contributed by atoms with E-state index in [2.05, 4.69) is 20.2 Å². The number of nitrogens with one attached hydrogen (secondary N) is 2. The van der Waals surface area contributed by atoms with Gasteiger partial charge in [0, 0.05) is 11.8 Å². The molecular weight excluding hydrogens is 512 g/mol. The largest absolute Gasteiger partial charge is 0.452 e. The molecule has 12 heteroatoms. The first-order valence-corrected chi connectivity index (χ1v) is 12.7. The van der Waals surface area contributed by atoms with Crippen molar-refractivity contribution in [3.05, 3.63) is 90.2 Å². The Morgan fingerprint density at radius 3 is 2.45 bits per heavy atom. The van der Waals surface area contributed by atoms with Crippen LogP contribution in [0.15, 0.2) is 92.7 Å². The van der Waals surface area contributed by atoms with E-state index in [1.807, 2.05) is 12.1 Å². The van der Waals surface area contributed by atoms with Gasteiger partial charge in [0.15, 0.2) is 18.0 Å². The average Bonchev–Trinajstić information content (AvgIpc) is 3.53. The molecule has 0 aliphatic rings. The van der Waals surface area contributed by atoms with Gasteiger partial charge in [0.2, 0.25) is 5.89 Å².